The summed E-state index contributed by atoms with van der Waals surface area (Å²) in [7, 11) is 1.27. The van der Waals surface area contributed by atoms with E-state index in [0.717, 1.165) is 5.56 Å². The maximum atomic E-state index is 12.3. The third-order valence-electron chi connectivity index (χ3n) is 3.39. The van der Waals surface area contributed by atoms with Gasteiger partial charge < -0.3 is 20.1 Å². The Balaban J connectivity index is 1.94. The molecule has 0 aliphatic carbocycles. The van der Waals surface area contributed by atoms with Gasteiger partial charge in [0.1, 0.15) is 0 Å². The fraction of sp³-hybridized carbons (Fsp3) is 0.222. The van der Waals surface area contributed by atoms with Crippen LogP contribution in [0, 0.1) is 6.92 Å². The number of aryl methyl sites for hydroxylation is 1. The normalized spacial score (nSPS) is 10.3. The van der Waals surface area contributed by atoms with Crippen LogP contribution in [0.1, 0.15) is 15.9 Å². The monoisotopic (exact) mass is 364 g/mol. The Bertz CT molecular complexity index is 779. The summed E-state index contributed by atoms with van der Waals surface area (Å²) in [4.78, 5) is 24.0. The fourth-order valence-electron chi connectivity index (χ4n) is 2.11. The smallest absolute Gasteiger partial charge is 0.387 e. The molecule has 2 aromatic carbocycles. The Hall–Kier alpha value is -3.16. The van der Waals surface area contributed by atoms with Crippen molar-refractivity contribution in [3.05, 3.63) is 53.6 Å². The number of carbonyl (C=O) groups is 2. The summed E-state index contributed by atoms with van der Waals surface area (Å²) in [5, 5.41) is 5.09. The molecule has 0 aliphatic rings. The predicted octanol–water partition coefficient (Wildman–Crippen LogP) is 2.97. The van der Waals surface area contributed by atoms with E-state index in [-0.39, 0.29) is 23.6 Å². The van der Waals surface area contributed by atoms with Crippen molar-refractivity contribution in [2.75, 3.05) is 19.0 Å². The minimum absolute atomic E-state index is 0.0120. The second-order valence-corrected chi connectivity index (χ2v) is 5.34. The Morgan fingerprint density at radius 2 is 1.77 bits per heavy atom. The summed E-state index contributed by atoms with van der Waals surface area (Å²) < 4.78 is 33.8. The van der Waals surface area contributed by atoms with Crippen molar-refractivity contribution in [2.45, 2.75) is 13.5 Å². The van der Waals surface area contributed by atoms with E-state index in [2.05, 4.69) is 15.4 Å². The molecular weight excluding hydrogens is 346 g/mol. The number of carbonyl (C=O) groups excluding carboxylic acids is 2. The lowest BCUT2D eigenvalue weighted by molar-refractivity contribution is -0.115. The molecule has 0 radical (unpaired) electrons. The van der Waals surface area contributed by atoms with Gasteiger partial charge in [0.15, 0.2) is 11.5 Å². The van der Waals surface area contributed by atoms with E-state index in [1.807, 2.05) is 19.1 Å². The van der Waals surface area contributed by atoms with Gasteiger partial charge in [-0.2, -0.15) is 8.78 Å². The minimum Gasteiger partial charge on any atom is -0.493 e. The second-order valence-electron chi connectivity index (χ2n) is 5.34. The standard InChI is InChI=1S/C18H18F2N2O4/c1-11-3-6-13(7-4-11)22-16(23)10-21-17(24)12-5-8-14(26-18(19)20)15(9-12)25-2/h3-9,18H,10H2,1-2H3,(H,21,24)(H,22,23). The van der Waals surface area contributed by atoms with Crippen molar-refractivity contribution < 1.29 is 27.8 Å². The molecule has 0 fully saturated rings. The molecule has 2 amide bonds. The van der Waals surface area contributed by atoms with Crippen LogP contribution in [0.25, 0.3) is 0 Å². The van der Waals surface area contributed by atoms with Crippen molar-refractivity contribution in [1.29, 1.82) is 0 Å². The van der Waals surface area contributed by atoms with Crippen LogP contribution in [0.3, 0.4) is 0 Å². The molecule has 6 nitrogen and oxygen atoms in total. The summed E-state index contributed by atoms with van der Waals surface area (Å²) in [6.45, 7) is -1.32. The van der Waals surface area contributed by atoms with E-state index in [0.29, 0.717) is 5.69 Å². The van der Waals surface area contributed by atoms with Crippen LogP contribution < -0.4 is 20.1 Å². The highest BCUT2D eigenvalue weighted by Crippen LogP contribution is 2.29. The van der Waals surface area contributed by atoms with Crippen LogP contribution in [0.4, 0.5) is 14.5 Å². The average molecular weight is 364 g/mol. The molecule has 0 heterocycles. The Kier molecular flexibility index (Phi) is 6.48. The number of benzene rings is 2. The summed E-state index contributed by atoms with van der Waals surface area (Å²) in [6.07, 6.45) is 0. The summed E-state index contributed by atoms with van der Waals surface area (Å²) in [5.74, 6) is -1.14. The number of hydrogen-bond acceptors (Lipinski definition) is 4. The zero-order chi connectivity index (χ0) is 19.1. The van der Waals surface area contributed by atoms with Gasteiger partial charge in [0.25, 0.3) is 5.91 Å². The molecule has 0 aromatic heterocycles. The summed E-state index contributed by atoms with van der Waals surface area (Å²) in [6, 6.07) is 11.0. The number of amides is 2. The van der Waals surface area contributed by atoms with Gasteiger partial charge in [0, 0.05) is 11.3 Å². The molecule has 0 bridgehead atoms. The SMILES string of the molecule is COc1cc(C(=O)NCC(=O)Nc2ccc(C)cc2)ccc1OC(F)F. The lowest BCUT2D eigenvalue weighted by atomic mass is 10.2. The van der Waals surface area contributed by atoms with Crippen molar-refractivity contribution >= 4 is 17.5 Å². The number of nitrogens with one attached hydrogen (secondary N) is 2. The first-order valence-corrected chi connectivity index (χ1v) is 7.66. The van der Waals surface area contributed by atoms with Gasteiger partial charge in [0.05, 0.1) is 13.7 Å². The van der Waals surface area contributed by atoms with Crippen LogP contribution in [0.5, 0.6) is 11.5 Å². The Morgan fingerprint density at radius 1 is 1.08 bits per heavy atom. The molecule has 0 saturated carbocycles. The second kappa shape index (κ2) is 8.80. The molecular formula is C18H18F2N2O4. The average Bonchev–Trinajstić information content (AvgIpc) is 2.61. The van der Waals surface area contributed by atoms with Crippen LogP contribution in [-0.2, 0) is 4.79 Å². The molecule has 0 aliphatic heterocycles. The van der Waals surface area contributed by atoms with Gasteiger partial charge in [-0.05, 0) is 37.3 Å². The predicted molar refractivity (Wildman–Crippen MR) is 91.8 cm³/mol. The van der Waals surface area contributed by atoms with E-state index in [4.69, 9.17) is 4.74 Å². The maximum absolute atomic E-state index is 12.3. The molecule has 2 N–H and O–H groups in total. The molecule has 2 aromatic rings. The van der Waals surface area contributed by atoms with Crippen molar-refractivity contribution in [1.82, 2.24) is 5.32 Å². The van der Waals surface area contributed by atoms with Crippen LogP contribution in [0.2, 0.25) is 0 Å². The van der Waals surface area contributed by atoms with Crippen molar-refractivity contribution in [3.8, 4) is 11.5 Å². The van der Waals surface area contributed by atoms with Crippen LogP contribution in [-0.4, -0.2) is 32.1 Å². The highest BCUT2D eigenvalue weighted by molar-refractivity contribution is 5.99. The number of halogens is 2. The van der Waals surface area contributed by atoms with Gasteiger partial charge in [-0.1, -0.05) is 17.7 Å². The minimum atomic E-state index is -3.01. The Morgan fingerprint density at radius 3 is 2.38 bits per heavy atom. The highest BCUT2D eigenvalue weighted by Gasteiger charge is 2.14. The van der Waals surface area contributed by atoms with E-state index in [1.165, 1.54) is 25.3 Å². The summed E-state index contributed by atoms with van der Waals surface area (Å²) in [5.41, 5.74) is 1.82. The number of rotatable bonds is 7. The lowest BCUT2D eigenvalue weighted by Crippen LogP contribution is -2.32. The number of ether oxygens (including phenoxy) is 2. The zero-order valence-electron chi connectivity index (χ0n) is 14.2. The maximum Gasteiger partial charge on any atom is 0.387 e. The first-order valence-electron chi connectivity index (χ1n) is 7.66. The molecule has 0 atom stereocenters. The van der Waals surface area contributed by atoms with Crippen LogP contribution in [0.15, 0.2) is 42.5 Å². The molecule has 138 valence electrons. The van der Waals surface area contributed by atoms with Gasteiger partial charge in [-0.3, -0.25) is 9.59 Å². The topological polar surface area (TPSA) is 76.7 Å². The fourth-order valence-corrected chi connectivity index (χ4v) is 2.11. The quantitative estimate of drug-likeness (QED) is 0.792. The number of methoxy groups -OCH3 is 1. The highest BCUT2D eigenvalue weighted by atomic mass is 19.3. The van der Waals surface area contributed by atoms with Gasteiger partial charge in [-0.15, -0.1) is 0 Å². The van der Waals surface area contributed by atoms with Crippen molar-refractivity contribution in [2.24, 2.45) is 0 Å². The largest absolute Gasteiger partial charge is 0.493 e. The lowest BCUT2D eigenvalue weighted by Gasteiger charge is -2.11. The molecule has 2 rings (SSSR count). The third-order valence-corrected chi connectivity index (χ3v) is 3.39. The van der Waals surface area contributed by atoms with Crippen molar-refractivity contribution in [3.63, 3.8) is 0 Å². The molecule has 0 spiro atoms. The molecule has 8 heteroatoms. The van der Waals surface area contributed by atoms with E-state index >= 15 is 0 Å². The Labute approximate surface area is 149 Å². The van der Waals surface area contributed by atoms with E-state index in [9.17, 15) is 18.4 Å². The van der Waals surface area contributed by atoms with E-state index < -0.39 is 18.4 Å². The van der Waals surface area contributed by atoms with Gasteiger partial charge in [0.2, 0.25) is 5.91 Å². The summed E-state index contributed by atoms with van der Waals surface area (Å²) >= 11 is 0. The molecule has 26 heavy (non-hydrogen) atoms. The molecule has 0 unspecified atom stereocenters. The van der Waals surface area contributed by atoms with Crippen LogP contribution >= 0.6 is 0 Å². The molecule has 0 saturated heterocycles. The third kappa shape index (κ3) is 5.44. The van der Waals surface area contributed by atoms with E-state index in [1.54, 1.807) is 12.1 Å². The number of hydrogen-bond donors (Lipinski definition) is 2. The first-order chi connectivity index (χ1) is 12.4. The number of alkyl halides is 2. The zero-order valence-corrected chi connectivity index (χ0v) is 14.2. The van der Waals surface area contributed by atoms with Gasteiger partial charge in [-0.25, -0.2) is 0 Å². The number of anilines is 1. The van der Waals surface area contributed by atoms with Gasteiger partial charge >= 0.3 is 6.61 Å². The first kappa shape index (κ1) is 19.2.